The van der Waals surface area contributed by atoms with Crippen LogP contribution in [-0.2, 0) is 6.42 Å². The van der Waals surface area contributed by atoms with Crippen LogP contribution in [0.3, 0.4) is 0 Å². The molecule has 98 valence electrons. The van der Waals surface area contributed by atoms with Gasteiger partial charge >= 0.3 is 0 Å². The second-order valence-electron chi connectivity index (χ2n) is 6.08. The zero-order chi connectivity index (χ0) is 12.5. The normalized spacial score (nSPS) is 23.1. The highest BCUT2D eigenvalue weighted by Gasteiger charge is 2.27. The summed E-state index contributed by atoms with van der Waals surface area (Å²) in [7, 11) is 0. The van der Waals surface area contributed by atoms with Crippen LogP contribution in [0.25, 0.3) is 0 Å². The number of para-hydroxylation sites is 1. The monoisotopic (exact) mass is 244 g/mol. The maximum atomic E-state index is 3.61. The van der Waals surface area contributed by atoms with Gasteiger partial charge in [0.05, 0.1) is 11.4 Å². The lowest BCUT2D eigenvalue weighted by molar-refractivity contribution is 0.423. The van der Waals surface area contributed by atoms with Gasteiger partial charge in [0, 0.05) is 19.6 Å². The van der Waals surface area contributed by atoms with E-state index in [4.69, 9.17) is 0 Å². The van der Waals surface area contributed by atoms with Gasteiger partial charge in [-0.25, -0.2) is 0 Å². The fourth-order valence-corrected chi connectivity index (χ4v) is 3.31. The van der Waals surface area contributed by atoms with E-state index in [1.165, 1.54) is 49.3 Å². The third-order valence-corrected chi connectivity index (χ3v) is 4.56. The summed E-state index contributed by atoms with van der Waals surface area (Å²) in [6.07, 6.45) is 3.85. The maximum absolute atomic E-state index is 3.61. The lowest BCUT2D eigenvalue weighted by Gasteiger charge is -2.27. The second kappa shape index (κ2) is 4.83. The van der Waals surface area contributed by atoms with Crippen LogP contribution < -0.4 is 10.2 Å². The van der Waals surface area contributed by atoms with E-state index >= 15 is 0 Å². The number of anilines is 2. The number of hydrogen-bond acceptors (Lipinski definition) is 2. The van der Waals surface area contributed by atoms with Gasteiger partial charge < -0.3 is 10.2 Å². The highest BCUT2D eigenvalue weighted by molar-refractivity contribution is 5.74. The average Bonchev–Trinajstić information content (AvgIpc) is 2.87. The molecule has 1 fully saturated rings. The van der Waals surface area contributed by atoms with Crippen LogP contribution in [0.5, 0.6) is 0 Å². The number of aryl methyl sites for hydroxylation is 1. The molecule has 3 rings (SSSR count). The molecule has 1 aromatic rings. The highest BCUT2D eigenvalue weighted by atomic mass is 15.2. The van der Waals surface area contributed by atoms with Crippen LogP contribution in [-0.4, -0.2) is 19.6 Å². The number of nitrogens with zero attached hydrogens (tertiary/aromatic N) is 1. The highest BCUT2D eigenvalue weighted by Crippen LogP contribution is 2.36. The first kappa shape index (κ1) is 11.9. The topological polar surface area (TPSA) is 15.3 Å². The van der Waals surface area contributed by atoms with E-state index in [0.29, 0.717) is 0 Å². The molecule has 1 N–H and O–H groups in total. The molecule has 0 saturated carbocycles. The Hall–Kier alpha value is -1.18. The van der Waals surface area contributed by atoms with Gasteiger partial charge in [0.1, 0.15) is 0 Å². The molecule has 1 saturated heterocycles. The molecule has 0 aliphatic carbocycles. The fourth-order valence-electron chi connectivity index (χ4n) is 3.31. The standard InChI is InChI=1S/C16H24N2/c1-12(2)14-8-10-18(11-14)15-7-3-5-13-6-4-9-17-16(13)15/h3,5,7,12,14,17H,4,6,8-11H2,1-2H3. The van der Waals surface area contributed by atoms with Crippen molar-refractivity contribution in [2.24, 2.45) is 11.8 Å². The molecule has 0 spiro atoms. The van der Waals surface area contributed by atoms with Crippen molar-refractivity contribution in [3.8, 4) is 0 Å². The third-order valence-electron chi connectivity index (χ3n) is 4.56. The Morgan fingerprint density at radius 3 is 3.00 bits per heavy atom. The van der Waals surface area contributed by atoms with E-state index in [1.807, 2.05) is 0 Å². The summed E-state index contributed by atoms with van der Waals surface area (Å²) >= 11 is 0. The first-order chi connectivity index (χ1) is 8.75. The Balaban J connectivity index is 1.85. The summed E-state index contributed by atoms with van der Waals surface area (Å²) in [6.45, 7) is 8.29. The second-order valence-corrected chi connectivity index (χ2v) is 6.08. The number of benzene rings is 1. The van der Waals surface area contributed by atoms with Crippen molar-refractivity contribution in [2.75, 3.05) is 29.9 Å². The predicted molar refractivity (Wildman–Crippen MR) is 78.4 cm³/mol. The van der Waals surface area contributed by atoms with Crippen molar-refractivity contribution in [3.63, 3.8) is 0 Å². The molecular weight excluding hydrogens is 220 g/mol. The van der Waals surface area contributed by atoms with Crippen molar-refractivity contribution in [2.45, 2.75) is 33.1 Å². The Morgan fingerprint density at radius 2 is 2.22 bits per heavy atom. The molecule has 18 heavy (non-hydrogen) atoms. The van der Waals surface area contributed by atoms with Gasteiger partial charge in [-0.05, 0) is 42.7 Å². The fraction of sp³-hybridized carbons (Fsp3) is 0.625. The number of rotatable bonds is 2. The van der Waals surface area contributed by atoms with Crippen molar-refractivity contribution in [1.29, 1.82) is 0 Å². The Morgan fingerprint density at radius 1 is 1.33 bits per heavy atom. The molecule has 1 unspecified atom stereocenters. The average molecular weight is 244 g/mol. The first-order valence-electron chi connectivity index (χ1n) is 7.36. The molecule has 0 bridgehead atoms. The molecule has 0 radical (unpaired) electrons. The van der Waals surface area contributed by atoms with Crippen molar-refractivity contribution in [3.05, 3.63) is 23.8 Å². The Bertz CT molecular complexity index is 425. The van der Waals surface area contributed by atoms with Crippen LogP contribution in [0.15, 0.2) is 18.2 Å². The first-order valence-corrected chi connectivity index (χ1v) is 7.36. The van der Waals surface area contributed by atoms with Crippen molar-refractivity contribution < 1.29 is 0 Å². The lowest BCUT2D eigenvalue weighted by atomic mass is 9.95. The van der Waals surface area contributed by atoms with Crippen LogP contribution in [0, 0.1) is 11.8 Å². The summed E-state index contributed by atoms with van der Waals surface area (Å²) in [5.74, 6) is 1.67. The van der Waals surface area contributed by atoms with Gasteiger partial charge in [-0.1, -0.05) is 26.0 Å². The molecule has 2 heteroatoms. The predicted octanol–water partition coefficient (Wildman–Crippen LogP) is 3.53. The molecule has 2 aliphatic heterocycles. The number of nitrogens with one attached hydrogen (secondary N) is 1. The lowest BCUT2D eigenvalue weighted by Crippen LogP contribution is -2.24. The minimum absolute atomic E-state index is 0.808. The van der Waals surface area contributed by atoms with Gasteiger partial charge in [-0.2, -0.15) is 0 Å². The smallest absolute Gasteiger partial charge is 0.0610 e. The van der Waals surface area contributed by atoms with Crippen LogP contribution in [0.2, 0.25) is 0 Å². The summed E-state index contributed by atoms with van der Waals surface area (Å²) in [5.41, 5.74) is 4.36. The van der Waals surface area contributed by atoms with Crippen molar-refractivity contribution >= 4 is 11.4 Å². The van der Waals surface area contributed by atoms with E-state index in [9.17, 15) is 0 Å². The van der Waals surface area contributed by atoms with E-state index in [0.717, 1.165) is 18.4 Å². The SMILES string of the molecule is CC(C)C1CCN(c2cccc3c2NCCC3)C1. The van der Waals surface area contributed by atoms with E-state index in [2.05, 4.69) is 42.3 Å². The van der Waals surface area contributed by atoms with Crippen LogP contribution >= 0.6 is 0 Å². The minimum Gasteiger partial charge on any atom is -0.383 e. The maximum Gasteiger partial charge on any atom is 0.0610 e. The largest absolute Gasteiger partial charge is 0.383 e. The molecular formula is C16H24N2. The van der Waals surface area contributed by atoms with Gasteiger partial charge in [-0.15, -0.1) is 0 Å². The van der Waals surface area contributed by atoms with E-state index in [-0.39, 0.29) is 0 Å². The van der Waals surface area contributed by atoms with Gasteiger partial charge in [-0.3, -0.25) is 0 Å². The number of hydrogen-bond donors (Lipinski definition) is 1. The summed E-state index contributed by atoms with van der Waals surface area (Å²) in [5, 5.41) is 3.61. The van der Waals surface area contributed by atoms with Crippen LogP contribution in [0.1, 0.15) is 32.3 Å². The summed E-state index contributed by atoms with van der Waals surface area (Å²) < 4.78 is 0. The van der Waals surface area contributed by atoms with Gasteiger partial charge in [0.15, 0.2) is 0 Å². The third kappa shape index (κ3) is 2.09. The minimum atomic E-state index is 0.808. The van der Waals surface area contributed by atoms with Gasteiger partial charge in [0.25, 0.3) is 0 Å². The van der Waals surface area contributed by atoms with Gasteiger partial charge in [0.2, 0.25) is 0 Å². The molecule has 2 nitrogen and oxygen atoms in total. The Labute approximate surface area is 110 Å². The van der Waals surface area contributed by atoms with Crippen molar-refractivity contribution in [1.82, 2.24) is 0 Å². The molecule has 2 aliphatic rings. The quantitative estimate of drug-likeness (QED) is 0.856. The molecule has 1 aromatic carbocycles. The Kier molecular flexibility index (Phi) is 3.19. The molecule has 0 aromatic heterocycles. The molecule has 1 atom stereocenters. The summed E-state index contributed by atoms with van der Waals surface area (Å²) in [4.78, 5) is 2.59. The van der Waals surface area contributed by atoms with Crippen LogP contribution in [0.4, 0.5) is 11.4 Å². The zero-order valence-corrected chi connectivity index (χ0v) is 11.6. The number of fused-ring (bicyclic) bond motifs is 1. The molecule has 0 amide bonds. The zero-order valence-electron chi connectivity index (χ0n) is 11.6. The molecule has 2 heterocycles. The van der Waals surface area contributed by atoms with E-state index in [1.54, 1.807) is 0 Å². The summed E-state index contributed by atoms with van der Waals surface area (Å²) in [6, 6.07) is 6.80. The van der Waals surface area contributed by atoms with E-state index < -0.39 is 0 Å².